The quantitative estimate of drug-likeness (QED) is 0.598. The van der Waals surface area contributed by atoms with Gasteiger partial charge in [-0.25, -0.2) is 0 Å². The number of anilines is 1. The number of aryl methyl sites for hydroxylation is 1. The minimum atomic E-state index is -0.0459. The number of carbonyl (C=O) groups is 1. The first-order chi connectivity index (χ1) is 9.10. The summed E-state index contributed by atoms with van der Waals surface area (Å²) in [6.07, 6.45) is 0. The minimum Gasteiger partial charge on any atom is -0.360 e. The van der Waals surface area contributed by atoms with E-state index in [-0.39, 0.29) is 11.9 Å². The van der Waals surface area contributed by atoms with Gasteiger partial charge in [-0.3, -0.25) is 4.79 Å². The summed E-state index contributed by atoms with van der Waals surface area (Å²) in [4.78, 5) is 15.1. The number of nitrogens with zero attached hydrogens (tertiary/aromatic N) is 1. The van der Waals surface area contributed by atoms with Gasteiger partial charge in [0.1, 0.15) is 31.9 Å². The van der Waals surface area contributed by atoms with Crippen LogP contribution in [0.1, 0.15) is 19.6 Å². The molecule has 6 heteroatoms. The lowest BCUT2D eigenvalue weighted by atomic mass is 10.2. The van der Waals surface area contributed by atoms with Crippen molar-refractivity contribution < 1.29 is 19.1 Å². The van der Waals surface area contributed by atoms with Crippen LogP contribution < -0.4 is 15.1 Å². The maximum absolute atomic E-state index is 12.2. The summed E-state index contributed by atoms with van der Waals surface area (Å²) < 4.78 is 4.94. The first kappa shape index (κ1) is 14.0. The normalized spacial score (nSPS) is 25.0. The SMILES string of the molecule is CC[NH+]1CC[NH+]([C@H](C)C(=O)Nc2cc(C)on2)CC1. The molecule has 0 aromatic carbocycles. The van der Waals surface area contributed by atoms with Crippen LogP contribution in [0.4, 0.5) is 5.82 Å². The molecule has 1 aliphatic heterocycles. The molecule has 1 aromatic heterocycles. The Morgan fingerprint density at radius 2 is 2.16 bits per heavy atom. The van der Waals surface area contributed by atoms with Crippen molar-refractivity contribution in [3.05, 3.63) is 11.8 Å². The highest BCUT2D eigenvalue weighted by Gasteiger charge is 2.30. The zero-order chi connectivity index (χ0) is 13.8. The molecular weight excluding hydrogens is 244 g/mol. The molecule has 1 aromatic rings. The van der Waals surface area contributed by atoms with Crippen LogP contribution in [-0.2, 0) is 4.79 Å². The number of likely N-dealkylation sites (N-methyl/N-ethyl adjacent to an activating group) is 1. The van der Waals surface area contributed by atoms with Crippen molar-refractivity contribution >= 4 is 11.7 Å². The molecule has 1 atom stereocenters. The van der Waals surface area contributed by atoms with Gasteiger partial charge in [-0.05, 0) is 20.8 Å². The van der Waals surface area contributed by atoms with E-state index in [0.717, 1.165) is 26.2 Å². The van der Waals surface area contributed by atoms with Gasteiger partial charge in [-0.1, -0.05) is 5.16 Å². The molecule has 1 aliphatic rings. The fraction of sp³-hybridized carbons (Fsp3) is 0.692. The van der Waals surface area contributed by atoms with E-state index in [1.165, 1.54) is 11.4 Å². The Kier molecular flexibility index (Phi) is 4.55. The van der Waals surface area contributed by atoms with Crippen LogP contribution in [0.2, 0.25) is 0 Å². The summed E-state index contributed by atoms with van der Waals surface area (Å²) in [5, 5.41) is 6.60. The number of hydrogen-bond donors (Lipinski definition) is 3. The average molecular weight is 268 g/mol. The summed E-state index contributed by atoms with van der Waals surface area (Å²) >= 11 is 0. The molecule has 3 N–H and O–H groups in total. The van der Waals surface area contributed by atoms with Crippen LogP contribution in [0.15, 0.2) is 10.6 Å². The zero-order valence-electron chi connectivity index (χ0n) is 12.0. The number of carbonyl (C=O) groups excluding carboxylic acids is 1. The highest BCUT2D eigenvalue weighted by atomic mass is 16.5. The smallest absolute Gasteiger partial charge is 0.283 e. The van der Waals surface area contributed by atoms with Gasteiger partial charge in [-0.15, -0.1) is 0 Å². The third-order valence-corrected chi connectivity index (χ3v) is 3.98. The second-order valence-corrected chi connectivity index (χ2v) is 5.30. The van der Waals surface area contributed by atoms with Crippen LogP contribution in [-0.4, -0.2) is 49.8 Å². The molecule has 0 bridgehead atoms. The van der Waals surface area contributed by atoms with Gasteiger partial charge in [0, 0.05) is 6.07 Å². The van der Waals surface area contributed by atoms with Crippen molar-refractivity contribution in [1.29, 1.82) is 0 Å². The zero-order valence-corrected chi connectivity index (χ0v) is 12.0. The average Bonchev–Trinajstić information content (AvgIpc) is 2.83. The highest BCUT2D eigenvalue weighted by Crippen LogP contribution is 2.06. The molecule has 1 saturated heterocycles. The van der Waals surface area contributed by atoms with Gasteiger partial charge in [0.2, 0.25) is 0 Å². The standard InChI is InChI=1S/C13H22N4O2/c1-4-16-5-7-17(8-6-16)11(3)13(18)14-12-9-10(2)19-15-12/h9,11H,4-8H2,1-3H3,(H,14,15,18)/p+2/t11-/m1/s1. The predicted molar refractivity (Wildman–Crippen MR) is 71.3 cm³/mol. The molecule has 2 heterocycles. The Labute approximate surface area is 113 Å². The second kappa shape index (κ2) is 6.16. The molecule has 2 rings (SSSR count). The summed E-state index contributed by atoms with van der Waals surface area (Å²) in [7, 11) is 0. The Morgan fingerprint density at radius 3 is 2.68 bits per heavy atom. The van der Waals surface area contributed by atoms with Gasteiger partial charge in [0.25, 0.3) is 5.91 Å². The summed E-state index contributed by atoms with van der Waals surface area (Å²) in [5.41, 5.74) is 0. The van der Waals surface area contributed by atoms with Crippen molar-refractivity contribution in [2.75, 3.05) is 38.0 Å². The van der Waals surface area contributed by atoms with E-state index in [1.54, 1.807) is 11.0 Å². The van der Waals surface area contributed by atoms with Gasteiger partial charge >= 0.3 is 0 Å². The molecule has 6 nitrogen and oxygen atoms in total. The lowest BCUT2D eigenvalue weighted by Gasteiger charge is -2.31. The van der Waals surface area contributed by atoms with E-state index >= 15 is 0 Å². The highest BCUT2D eigenvalue weighted by molar-refractivity contribution is 5.92. The van der Waals surface area contributed by atoms with Crippen molar-refractivity contribution in [2.24, 2.45) is 0 Å². The van der Waals surface area contributed by atoms with Crippen molar-refractivity contribution in [3.8, 4) is 0 Å². The fourth-order valence-corrected chi connectivity index (χ4v) is 2.56. The van der Waals surface area contributed by atoms with Crippen molar-refractivity contribution in [3.63, 3.8) is 0 Å². The van der Waals surface area contributed by atoms with Crippen LogP contribution in [0, 0.1) is 6.92 Å². The maximum atomic E-state index is 12.2. The van der Waals surface area contributed by atoms with Crippen LogP contribution in [0.3, 0.4) is 0 Å². The number of aromatic nitrogens is 1. The lowest BCUT2D eigenvalue weighted by molar-refractivity contribution is -1.02. The van der Waals surface area contributed by atoms with Crippen molar-refractivity contribution in [1.82, 2.24) is 5.16 Å². The third kappa shape index (κ3) is 3.54. The second-order valence-electron chi connectivity index (χ2n) is 5.30. The number of nitrogens with one attached hydrogen (secondary N) is 3. The van der Waals surface area contributed by atoms with E-state index in [4.69, 9.17) is 4.52 Å². The number of rotatable bonds is 4. The monoisotopic (exact) mass is 268 g/mol. The van der Waals surface area contributed by atoms with Crippen LogP contribution in [0.5, 0.6) is 0 Å². The Hall–Kier alpha value is -1.40. The molecule has 106 valence electrons. The molecule has 0 saturated carbocycles. The fourth-order valence-electron chi connectivity index (χ4n) is 2.56. The molecule has 0 unspecified atom stereocenters. The number of amides is 1. The van der Waals surface area contributed by atoms with E-state index in [0.29, 0.717) is 11.6 Å². The summed E-state index contributed by atoms with van der Waals surface area (Å²) in [5.74, 6) is 1.23. The van der Waals surface area contributed by atoms with E-state index < -0.39 is 0 Å². The first-order valence-corrected chi connectivity index (χ1v) is 7.02. The predicted octanol–water partition coefficient (Wildman–Crippen LogP) is -1.89. The van der Waals surface area contributed by atoms with Gasteiger partial charge in [0.15, 0.2) is 11.9 Å². The van der Waals surface area contributed by atoms with E-state index in [2.05, 4.69) is 17.4 Å². The third-order valence-electron chi connectivity index (χ3n) is 3.98. The maximum Gasteiger partial charge on any atom is 0.283 e. The lowest BCUT2D eigenvalue weighted by Crippen LogP contribution is -3.29. The number of hydrogen-bond acceptors (Lipinski definition) is 3. The number of piperazine rings is 1. The Morgan fingerprint density at radius 1 is 1.47 bits per heavy atom. The van der Waals surface area contributed by atoms with Crippen LogP contribution in [0.25, 0.3) is 0 Å². The van der Waals surface area contributed by atoms with E-state index in [1.807, 2.05) is 13.8 Å². The summed E-state index contributed by atoms with van der Waals surface area (Å²) in [6, 6.07) is 1.69. The topological polar surface area (TPSA) is 64.0 Å². The van der Waals surface area contributed by atoms with Gasteiger partial charge < -0.3 is 19.6 Å². The number of quaternary nitrogens is 2. The Balaban J connectivity index is 1.85. The first-order valence-electron chi connectivity index (χ1n) is 7.02. The van der Waals surface area contributed by atoms with E-state index in [9.17, 15) is 4.79 Å². The molecule has 0 spiro atoms. The minimum absolute atomic E-state index is 0.0169. The van der Waals surface area contributed by atoms with Gasteiger partial charge in [-0.2, -0.15) is 0 Å². The molecule has 0 aliphatic carbocycles. The molecular formula is C13H24N4O2+2. The molecule has 1 fully saturated rings. The molecule has 19 heavy (non-hydrogen) atoms. The van der Waals surface area contributed by atoms with Crippen molar-refractivity contribution in [2.45, 2.75) is 26.8 Å². The Bertz CT molecular complexity index is 424. The van der Waals surface area contributed by atoms with Gasteiger partial charge in [0.05, 0.1) is 6.54 Å². The summed E-state index contributed by atoms with van der Waals surface area (Å²) in [6.45, 7) is 11.6. The molecule has 0 radical (unpaired) electrons. The van der Waals surface area contributed by atoms with Crippen LogP contribution >= 0.6 is 0 Å². The largest absolute Gasteiger partial charge is 0.360 e. The molecule has 1 amide bonds.